The Hall–Kier alpha value is -1.62. The zero-order chi connectivity index (χ0) is 13.0. The second kappa shape index (κ2) is 5.82. The van der Waals surface area contributed by atoms with Crippen LogP contribution in [0, 0.1) is 0 Å². The number of urea groups is 1. The van der Waals surface area contributed by atoms with Crippen LogP contribution in [0.4, 0.5) is 4.79 Å². The first-order valence-corrected chi connectivity index (χ1v) is 6.19. The lowest BCUT2D eigenvalue weighted by molar-refractivity contribution is 0.176. The minimum absolute atomic E-state index is 0.0234. The van der Waals surface area contributed by atoms with E-state index in [0.29, 0.717) is 6.61 Å². The van der Waals surface area contributed by atoms with E-state index in [1.54, 1.807) is 24.3 Å². The maximum atomic E-state index is 12.1. The number of rotatable bonds is 3. The summed E-state index contributed by atoms with van der Waals surface area (Å²) in [6.45, 7) is 3.35. The summed E-state index contributed by atoms with van der Waals surface area (Å²) in [4.78, 5) is 17.7. The van der Waals surface area contributed by atoms with Crippen molar-refractivity contribution in [1.29, 1.82) is 0 Å². The van der Waals surface area contributed by atoms with E-state index in [1.807, 2.05) is 19.1 Å². The number of hydrogen-bond acceptors (Lipinski definition) is 3. The van der Waals surface area contributed by atoms with Gasteiger partial charge in [-0.25, -0.2) is 4.79 Å². The van der Waals surface area contributed by atoms with Crippen molar-refractivity contribution in [2.45, 2.75) is 25.4 Å². The number of amides is 2. The smallest absolute Gasteiger partial charge is 0.317 e. The van der Waals surface area contributed by atoms with Gasteiger partial charge in [0.15, 0.2) is 0 Å². The van der Waals surface area contributed by atoms with Crippen molar-refractivity contribution < 1.29 is 9.53 Å². The first kappa shape index (κ1) is 12.8. The molecule has 98 valence electrons. The molecule has 2 amide bonds. The van der Waals surface area contributed by atoms with E-state index in [9.17, 15) is 4.79 Å². The Morgan fingerprint density at radius 2 is 2.28 bits per heavy atom. The normalized spacial score (nSPS) is 20.4. The van der Waals surface area contributed by atoms with Crippen LogP contribution in [0.5, 0.6) is 0 Å². The van der Waals surface area contributed by atoms with E-state index in [-0.39, 0.29) is 18.1 Å². The van der Waals surface area contributed by atoms with Gasteiger partial charge in [0.25, 0.3) is 0 Å². The van der Waals surface area contributed by atoms with Crippen molar-refractivity contribution in [3.05, 3.63) is 30.1 Å². The van der Waals surface area contributed by atoms with Crippen molar-refractivity contribution in [2.75, 3.05) is 20.3 Å². The molecule has 1 saturated heterocycles. The first-order chi connectivity index (χ1) is 8.68. The van der Waals surface area contributed by atoms with E-state index in [1.165, 1.54) is 0 Å². The summed E-state index contributed by atoms with van der Waals surface area (Å²) in [5, 5.41) is 2.98. The first-order valence-electron chi connectivity index (χ1n) is 6.19. The van der Waals surface area contributed by atoms with E-state index in [2.05, 4.69) is 10.3 Å². The van der Waals surface area contributed by atoms with Gasteiger partial charge in [0.2, 0.25) is 0 Å². The molecule has 1 aliphatic rings. The Morgan fingerprint density at radius 1 is 1.56 bits per heavy atom. The quantitative estimate of drug-likeness (QED) is 0.884. The van der Waals surface area contributed by atoms with Gasteiger partial charge in [-0.2, -0.15) is 0 Å². The lowest BCUT2D eigenvalue weighted by Gasteiger charge is -2.26. The van der Waals surface area contributed by atoms with Crippen molar-refractivity contribution in [3.8, 4) is 0 Å². The molecule has 2 rings (SSSR count). The third-order valence-corrected chi connectivity index (χ3v) is 3.35. The number of ether oxygens (including phenoxy) is 1. The number of hydrogen-bond donors (Lipinski definition) is 1. The predicted molar refractivity (Wildman–Crippen MR) is 68.2 cm³/mol. The topological polar surface area (TPSA) is 54.5 Å². The molecule has 5 nitrogen and oxygen atoms in total. The summed E-state index contributed by atoms with van der Waals surface area (Å²) in [5.41, 5.74) is 1.07. The monoisotopic (exact) mass is 249 g/mol. The Bertz CT molecular complexity index is 390. The average molecular weight is 249 g/mol. The van der Waals surface area contributed by atoms with Crippen LogP contribution >= 0.6 is 0 Å². The van der Waals surface area contributed by atoms with Crippen LogP contribution in [0.25, 0.3) is 0 Å². The molecule has 2 heterocycles. The van der Waals surface area contributed by atoms with E-state index >= 15 is 0 Å². The summed E-state index contributed by atoms with van der Waals surface area (Å²) in [7, 11) is 1.80. The van der Waals surface area contributed by atoms with Gasteiger partial charge in [0.1, 0.15) is 0 Å². The molecule has 1 fully saturated rings. The van der Waals surface area contributed by atoms with Crippen LogP contribution in [-0.4, -0.2) is 42.2 Å². The fourth-order valence-electron chi connectivity index (χ4n) is 1.97. The molecule has 1 aromatic rings. The molecule has 0 spiro atoms. The molecule has 2 atom stereocenters. The van der Waals surface area contributed by atoms with Gasteiger partial charge in [-0.05, 0) is 31.0 Å². The maximum Gasteiger partial charge on any atom is 0.317 e. The summed E-state index contributed by atoms with van der Waals surface area (Å²) in [6, 6.07) is 3.95. The van der Waals surface area contributed by atoms with Gasteiger partial charge < -0.3 is 15.0 Å². The number of pyridine rings is 1. The van der Waals surface area contributed by atoms with E-state index < -0.39 is 0 Å². The largest absolute Gasteiger partial charge is 0.379 e. The third kappa shape index (κ3) is 2.98. The number of nitrogens with zero attached hydrogens (tertiary/aromatic N) is 2. The second-order valence-electron chi connectivity index (χ2n) is 4.58. The Kier molecular flexibility index (Phi) is 4.15. The lowest BCUT2D eigenvalue weighted by Crippen LogP contribution is -2.44. The predicted octanol–water partition coefficient (Wildman–Crippen LogP) is 1.57. The molecule has 0 aliphatic carbocycles. The van der Waals surface area contributed by atoms with Crippen LogP contribution < -0.4 is 5.32 Å². The zero-order valence-corrected chi connectivity index (χ0v) is 10.8. The van der Waals surface area contributed by atoms with Crippen molar-refractivity contribution >= 4 is 6.03 Å². The van der Waals surface area contributed by atoms with Gasteiger partial charge in [0, 0.05) is 26.0 Å². The van der Waals surface area contributed by atoms with Crippen LogP contribution in [-0.2, 0) is 4.74 Å². The molecule has 0 bridgehead atoms. The highest BCUT2D eigenvalue weighted by Gasteiger charge is 2.22. The molecular formula is C13H19N3O2. The van der Waals surface area contributed by atoms with Crippen LogP contribution in [0.15, 0.2) is 24.5 Å². The maximum absolute atomic E-state index is 12.1. The van der Waals surface area contributed by atoms with Gasteiger partial charge in [0.05, 0.1) is 18.7 Å². The minimum Gasteiger partial charge on any atom is -0.379 e. The standard InChI is InChI=1S/C13H19N3O2/c1-10(11-3-6-14-7-4-11)16(2)13(17)15-12-5-8-18-9-12/h3-4,6-7,10,12H,5,8-9H2,1-2H3,(H,15,17)/t10-,12+/m0/s1. The minimum atomic E-state index is -0.0604. The molecule has 0 saturated carbocycles. The Morgan fingerprint density at radius 3 is 2.89 bits per heavy atom. The van der Waals surface area contributed by atoms with Gasteiger partial charge in [-0.15, -0.1) is 0 Å². The van der Waals surface area contributed by atoms with Crippen molar-refractivity contribution in [2.24, 2.45) is 0 Å². The lowest BCUT2D eigenvalue weighted by atomic mass is 10.1. The molecule has 18 heavy (non-hydrogen) atoms. The fourth-order valence-corrected chi connectivity index (χ4v) is 1.97. The molecule has 0 radical (unpaired) electrons. The van der Waals surface area contributed by atoms with Crippen molar-refractivity contribution in [1.82, 2.24) is 15.2 Å². The summed E-state index contributed by atoms with van der Waals surface area (Å²) < 4.78 is 5.24. The number of aromatic nitrogens is 1. The third-order valence-electron chi connectivity index (χ3n) is 3.35. The van der Waals surface area contributed by atoms with Gasteiger partial charge in [-0.3, -0.25) is 4.98 Å². The highest BCUT2D eigenvalue weighted by molar-refractivity contribution is 5.74. The highest BCUT2D eigenvalue weighted by Crippen LogP contribution is 2.17. The number of carbonyl (C=O) groups is 1. The summed E-state index contributed by atoms with van der Waals surface area (Å²) >= 11 is 0. The number of nitrogens with one attached hydrogen (secondary N) is 1. The summed E-state index contributed by atoms with van der Waals surface area (Å²) in [6.07, 6.45) is 4.37. The van der Waals surface area contributed by atoms with Gasteiger partial charge >= 0.3 is 6.03 Å². The molecule has 1 N–H and O–H groups in total. The average Bonchev–Trinajstić information content (AvgIpc) is 2.91. The molecular weight excluding hydrogens is 230 g/mol. The second-order valence-corrected chi connectivity index (χ2v) is 4.58. The SMILES string of the molecule is C[C@@H](c1ccncc1)N(C)C(=O)N[C@@H]1CCOC1. The molecule has 0 aromatic carbocycles. The van der Waals surface area contributed by atoms with E-state index in [0.717, 1.165) is 18.6 Å². The Balaban J connectivity index is 1.93. The summed E-state index contributed by atoms with van der Waals surface area (Å²) in [5.74, 6) is 0. The van der Waals surface area contributed by atoms with E-state index in [4.69, 9.17) is 4.74 Å². The molecule has 5 heteroatoms. The molecule has 0 unspecified atom stereocenters. The van der Waals surface area contributed by atoms with Gasteiger partial charge in [-0.1, -0.05) is 0 Å². The molecule has 1 aromatic heterocycles. The van der Waals surface area contributed by atoms with Crippen LogP contribution in [0.3, 0.4) is 0 Å². The van der Waals surface area contributed by atoms with Crippen molar-refractivity contribution in [3.63, 3.8) is 0 Å². The van der Waals surface area contributed by atoms with Crippen LogP contribution in [0.1, 0.15) is 24.9 Å². The Labute approximate surface area is 107 Å². The van der Waals surface area contributed by atoms with Crippen LogP contribution in [0.2, 0.25) is 0 Å². The number of carbonyl (C=O) groups excluding carboxylic acids is 1. The molecule has 1 aliphatic heterocycles. The zero-order valence-electron chi connectivity index (χ0n) is 10.8. The fraction of sp³-hybridized carbons (Fsp3) is 0.538. The highest BCUT2D eigenvalue weighted by atomic mass is 16.5.